The van der Waals surface area contributed by atoms with Crippen molar-refractivity contribution in [3.8, 4) is 0 Å². The van der Waals surface area contributed by atoms with Crippen LogP contribution in [0, 0.1) is 0 Å². The molecule has 0 bridgehead atoms. The third kappa shape index (κ3) is 2.39. The zero-order valence-corrected chi connectivity index (χ0v) is 8.76. The highest BCUT2D eigenvalue weighted by Crippen LogP contribution is 2.12. The topological polar surface area (TPSA) is 33.2 Å². The molecule has 1 rings (SSSR count). The maximum absolute atomic E-state index is 11.4. The average Bonchev–Trinajstić information content (AvgIpc) is 2.52. The maximum Gasteiger partial charge on any atom is 0.272 e. The summed E-state index contributed by atoms with van der Waals surface area (Å²) in [6.07, 6.45) is 3.79. The van der Waals surface area contributed by atoms with E-state index in [1.807, 2.05) is 19.1 Å². The van der Waals surface area contributed by atoms with Crippen molar-refractivity contribution in [1.29, 1.82) is 0 Å². The predicted molar refractivity (Wildman–Crippen MR) is 54.8 cm³/mol. The smallest absolute Gasteiger partial charge is 0.272 e. The molecule has 13 heavy (non-hydrogen) atoms. The Morgan fingerprint density at radius 1 is 1.62 bits per heavy atom. The molecule has 0 aliphatic heterocycles. The fourth-order valence-corrected chi connectivity index (χ4v) is 1.59. The Morgan fingerprint density at radius 3 is 2.85 bits per heavy atom. The van der Waals surface area contributed by atoms with E-state index < -0.39 is 0 Å². The molecule has 0 saturated carbocycles. The minimum Gasteiger partial charge on any atom is -0.343 e. The molecule has 1 aromatic heterocycles. The number of carbonyl (C=O) groups excluding carboxylic acids is 1. The molecule has 0 aromatic carbocycles. The van der Waals surface area contributed by atoms with Crippen molar-refractivity contribution in [2.75, 3.05) is 14.1 Å². The molecule has 0 saturated heterocycles. The van der Waals surface area contributed by atoms with Gasteiger partial charge in [0.05, 0.1) is 0 Å². The van der Waals surface area contributed by atoms with Crippen LogP contribution in [0.25, 0.3) is 6.08 Å². The SMILES string of the molecule is C/C=C\c1nc(C(=O)N(C)C)cs1. The average molecular weight is 196 g/mol. The number of carbonyl (C=O) groups is 1. The van der Waals surface area contributed by atoms with Crippen LogP contribution in [0.2, 0.25) is 0 Å². The van der Waals surface area contributed by atoms with Crippen molar-refractivity contribution in [2.45, 2.75) is 6.92 Å². The van der Waals surface area contributed by atoms with E-state index in [1.165, 1.54) is 16.2 Å². The lowest BCUT2D eigenvalue weighted by Crippen LogP contribution is -2.21. The number of allylic oxidation sites excluding steroid dienone is 1. The first-order valence-electron chi connectivity index (χ1n) is 3.95. The minimum absolute atomic E-state index is 0.0491. The number of aromatic nitrogens is 1. The monoisotopic (exact) mass is 196 g/mol. The quantitative estimate of drug-likeness (QED) is 0.723. The highest BCUT2D eigenvalue weighted by molar-refractivity contribution is 7.10. The van der Waals surface area contributed by atoms with Gasteiger partial charge >= 0.3 is 0 Å². The lowest BCUT2D eigenvalue weighted by atomic mass is 10.4. The molecule has 0 atom stereocenters. The first-order chi connectivity index (χ1) is 6.15. The van der Waals surface area contributed by atoms with E-state index in [4.69, 9.17) is 0 Å². The Morgan fingerprint density at radius 2 is 2.31 bits per heavy atom. The molecule has 70 valence electrons. The summed E-state index contributed by atoms with van der Waals surface area (Å²) in [7, 11) is 3.44. The molecule has 0 fully saturated rings. The van der Waals surface area contributed by atoms with Gasteiger partial charge in [0.1, 0.15) is 10.7 Å². The van der Waals surface area contributed by atoms with Crippen LogP contribution in [-0.4, -0.2) is 29.9 Å². The zero-order chi connectivity index (χ0) is 9.84. The van der Waals surface area contributed by atoms with E-state index in [-0.39, 0.29) is 5.91 Å². The van der Waals surface area contributed by atoms with Crippen LogP contribution >= 0.6 is 11.3 Å². The van der Waals surface area contributed by atoms with Crippen molar-refractivity contribution in [2.24, 2.45) is 0 Å². The van der Waals surface area contributed by atoms with Crippen molar-refractivity contribution in [3.05, 3.63) is 22.2 Å². The second kappa shape index (κ2) is 4.18. The third-order valence-electron chi connectivity index (χ3n) is 1.46. The molecule has 0 aliphatic rings. The fraction of sp³-hybridized carbons (Fsp3) is 0.333. The number of rotatable bonds is 2. The molecule has 0 N–H and O–H groups in total. The fourth-order valence-electron chi connectivity index (χ4n) is 0.834. The van der Waals surface area contributed by atoms with Gasteiger partial charge in [-0.1, -0.05) is 6.08 Å². The summed E-state index contributed by atoms with van der Waals surface area (Å²) in [5.41, 5.74) is 0.517. The van der Waals surface area contributed by atoms with E-state index in [2.05, 4.69) is 4.98 Å². The predicted octanol–water partition coefficient (Wildman–Crippen LogP) is 1.88. The van der Waals surface area contributed by atoms with Crippen molar-refractivity contribution in [1.82, 2.24) is 9.88 Å². The number of hydrogen-bond donors (Lipinski definition) is 0. The van der Waals surface area contributed by atoms with Gasteiger partial charge < -0.3 is 4.90 Å². The molecule has 4 heteroatoms. The largest absolute Gasteiger partial charge is 0.343 e. The number of nitrogens with zero attached hydrogens (tertiary/aromatic N) is 2. The van der Waals surface area contributed by atoms with Gasteiger partial charge in [0, 0.05) is 19.5 Å². The number of amides is 1. The Bertz CT molecular complexity index is 328. The van der Waals surface area contributed by atoms with Crippen molar-refractivity contribution in [3.63, 3.8) is 0 Å². The second-order valence-electron chi connectivity index (χ2n) is 2.77. The summed E-state index contributed by atoms with van der Waals surface area (Å²) < 4.78 is 0. The molecule has 0 unspecified atom stereocenters. The molecule has 1 heterocycles. The van der Waals surface area contributed by atoms with Crippen LogP contribution in [0.1, 0.15) is 22.4 Å². The van der Waals surface area contributed by atoms with Crippen LogP contribution in [-0.2, 0) is 0 Å². The molecule has 1 amide bonds. The number of thiazole rings is 1. The van der Waals surface area contributed by atoms with Crippen molar-refractivity contribution < 1.29 is 4.79 Å². The number of hydrogen-bond acceptors (Lipinski definition) is 3. The van der Waals surface area contributed by atoms with Crippen LogP contribution in [0.5, 0.6) is 0 Å². The molecule has 0 aliphatic carbocycles. The first kappa shape index (κ1) is 9.92. The van der Waals surface area contributed by atoms with E-state index in [0.29, 0.717) is 5.69 Å². The van der Waals surface area contributed by atoms with Crippen LogP contribution < -0.4 is 0 Å². The Hall–Kier alpha value is -1.16. The summed E-state index contributed by atoms with van der Waals surface area (Å²) in [6.45, 7) is 1.93. The normalized spacial score (nSPS) is 10.7. The standard InChI is InChI=1S/C9H12N2OS/c1-4-5-8-10-7(6-13-8)9(12)11(2)3/h4-6H,1-3H3/b5-4-. The van der Waals surface area contributed by atoms with Gasteiger partial charge in [0.15, 0.2) is 0 Å². The van der Waals surface area contributed by atoms with Crippen LogP contribution in [0.15, 0.2) is 11.5 Å². The van der Waals surface area contributed by atoms with Gasteiger partial charge in [0.25, 0.3) is 5.91 Å². The maximum atomic E-state index is 11.4. The molecular weight excluding hydrogens is 184 g/mol. The molecule has 1 aromatic rings. The summed E-state index contributed by atoms with van der Waals surface area (Å²) in [5.74, 6) is -0.0491. The van der Waals surface area contributed by atoms with Gasteiger partial charge in [-0.05, 0) is 13.0 Å². The van der Waals surface area contributed by atoms with Crippen LogP contribution in [0.4, 0.5) is 0 Å². The molecule has 0 radical (unpaired) electrons. The highest BCUT2D eigenvalue weighted by atomic mass is 32.1. The van der Waals surface area contributed by atoms with Gasteiger partial charge in [-0.2, -0.15) is 0 Å². The van der Waals surface area contributed by atoms with E-state index in [1.54, 1.807) is 19.5 Å². The van der Waals surface area contributed by atoms with Gasteiger partial charge in [-0.3, -0.25) is 4.79 Å². The Kier molecular flexibility index (Phi) is 3.19. The third-order valence-corrected chi connectivity index (χ3v) is 2.27. The van der Waals surface area contributed by atoms with Crippen LogP contribution in [0.3, 0.4) is 0 Å². The summed E-state index contributed by atoms with van der Waals surface area (Å²) in [5, 5.41) is 2.64. The van der Waals surface area contributed by atoms with E-state index >= 15 is 0 Å². The van der Waals surface area contributed by atoms with Crippen molar-refractivity contribution >= 4 is 23.3 Å². The van der Waals surface area contributed by atoms with E-state index in [0.717, 1.165) is 5.01 Å². The molecule has 0 spiro atoms. The van der Waals surface area contributed by atoms with Gasteiger partial charge in [0.2, 0.25) is 0 Å². The Balaban J connectivity index is 2.85. The summed E-state index contributed by atoms with van der Waals surface area (Å²) >= 11 is 1.47. The van der Waals surface area contributed by atoms with E-state index in [9.17, 15) is 4.79 Å². The summed E-state index contributed by atoms with van der Waals surface area (Å²) in [4.78, 5) is 17.1. The zero-order valence-electron chi connectivity index (χ0n) is 7.94. The van der Waals surface area contributed by atoms with Gasteiger partial charge in [-0.25, -0.2) is 4.98 Å². The Labute approximate surface area is 81.7 Å². The second-order valence-corrected chi connectivity index (χ2v) is 3.66. The van der Waals surface area contributed by atoms with Gasteiger partial charge in [-0.15, -0.1) is 11.3 Å². The molecule has 3 nitrogen and oxygen atoms in total. The molecular formula is C9H12N2OS. The first-order valence-corrected chi connectivity index (χ1v) is 4.83. The summed E-state index contributed by atoms with van der Waals surface area (Å²) in [6, 6.07) is 0. The highest BCUT2D eigenvalue weighted by Gasteiger charge is 2.10. The minimum atomic E-state index is -0.0491. The lowest BCUT2D eigenvalue weighted by molar-refractivity contribution is 0.0822. The lowest BCUT2D eigenvalue weighted by Gasteiger charge is -2.06.